The standard InChI is InChI=1S/C15H18N4O2S/c1-5-15(3)6-9-10(7-21-15)22-13-11(9)12(20)18(4)14-17-16-8(2)19(13)14/h5-7H2,1-4H3/t15-/m0/s1. The average molecular weight is 318 g/mol. The van der Waals surface area contributed by atoms with Crippen molar-refractivity contribution in [1.29, 1.82) is 0 Å². The largest absolute Gasteiger partial charge is 0.369 e. The maximum absolute atomic E-state index is 12.8. The zero-order valence-electron chi connectivity index (χ0n) is 13.1. The van der Waals surface area contributed by atoms with Crippen molar-refractivity contribution in [2.75, 3.05) is 0 Å². The van der Waals surface area contributed by atoms with E-state index >= 15 is 0 Å². The second-order valence-corrected chi connectivity index (χ2v) is 7.28. The normalized spacial score (nSPS) is 21.6. The smallest absolute Gasteiger partial charge is 0.263 e. The van der Waals surface area contributed by atoms with Gasteiger partial charge < -0.3 is 4.74 Å². The summed E-state index contributed by atoms with van der Waals surface area (Å²) >= 11 is 1.63. The van der Waals surface area contributed by atoms with Gasteiger partial charge in [-0.05, 0) is 25.8 Å². The first-order valence-corrected chi connectivity index (χ1v) is 8.26. The highest BCUT2D eigenvalue weighted by Crippen LogP contribution is 2.39. The Morgan fingerprint density at radius 2 is 2.18 bits per heavy atom. The van der Waals surface area contributed by atoms with Gasteiger partial charge in [0.15, 0.2) is 0 Å². The lowest BCUT2D eigenvalue weighted by Crippen LogP contribution is -2.34. The summed E-state index contributed by atoms with van der Waals surface area (Å²) in [5, 5.41) is 9.06. The molecule has 3 aromatic heterocycles. The van der Waals surface area contributed by atoms with E-state index in [1.807, 2.05) is 11.3 Å². The zero-order valence-corrected chi connectivity index (χ0v) is 14.0. The van der Waals surface area contributed by atoms with Gasteiger partial charge in [0.25, 0.3) is 5.56 Å². The van der Waals surface area contributed by atoms with E-state index in [0.717, 1.165) is 39.3 Å². The fourth-order valence-electron chi connectivity index (χ4n) is 3.14. The molecule has 0 saturated heterocycles. The van der Waals surface area contributed by atoms with Crippen molar-refractivity contribution < 1.29 is 4.74 Å². The van der Waals surface area contributed by atoms with Crippen LogP contribution in [0.1, 0.15) is 36.5 Å². The molecule has 1 aliphatic rings. The van der Waals surface area contributed by atoms with Gasteiger partial charge in [-0.3, -0.25) is 13.8 Å². The third-order valence-corrected chi connectivity index (χ3v) is 5.94. The van der Waals surface area contributed by atoms with Gasteiger partial charge in [0.1, 0.15) is 10.7 Å². The Balaban J connectivity index is 2.14. The Labute approximate surface area is 131 Å². The van der Waals surface area contributed by atoms with Crippen LogP contribution in [0.4, 0.5) is 0 Å². The molecule has 0 spiro atoms. The van der Waals surface area contributed by atoms with E-state index in [9.17, 15) is 4.79 Å². The van der Waals surface area contributed by atoms with Crippen LogP contribution in [0.5, 0.6) is 0 Å². The number of fused-ring (bicyclic) bond motifs is 5. The first-order valence-electron chi connectivity index (χ1n) is 7.44. The molecule has 0 aromatic carbocycles. The van der Waals surface area contributed by atoms with Crippen molar-refractivity contribution in [3.63, 3.8) is 0 Å². The van der Waals surface area contributed by atoms with Crippen LogP contribution in [-0.4, -0.2) is 24.8 Å². The number of ether oxygens (including phenoxy) is 1. The number of thiophene rings is 1. The van der Waals surface area contributed by atoms with E-state index < -0.39 is 0 Å². The number of hydrogen-bond acceptors (Lipinski definition) is 5. The highest BCUT2D eigenvalue weighted by atomic mass is 32.1. The van der Waals surface area contributed by atoms with Crippen LogP contribution in [0.25, 0.3) is 16.0 Å². The number of hydrogen-bond donors (Lipinski definition) is 0. The number of rotatable bonds is 1. The van der Waals surface area contributed by atoms with Crippen molar-refractivity contribution >= 4 is 27.3 Å². The van der Waals surface area contributed by atoms with Crippen LogP contribution < -0.4 is 5.56 Å². The fraction of sp³-hybridized carbons (Fsp3) is 0.533. The highest BCUT2D eigenvalue weighted by molar-refractivity contribution is 7.18. The van der Waals surface area contributed by atoms with Gasteiger partial charge in [-0.1, -0.05) is 6.92 Å². The predicted molar refractivity (Wildman–Crippen MR) is 85.5 cm³/mol. The Morgan fingerprint density at radius 3 is 2.91 bits per heavy atom. The highest BCUT2D eigenvalue weighted by Gasteiger charge is 2.33. The molecule has 6 nitrogen and oxygen atoms in total. The van der Waals surface area contributed by atoms with E-state index in [2.05, 4.69) is 24.0 Å². The third-order valence-electron chi connectivity index (χ3n) is 4.75. The maximum Gasteiger partial charge on any atom is 0.263 e. The van der Waals surface area contributed by atoms with Crippen molar-refractivity contribution in [2.45, 2.75) is 45.8 Å². The first-order chi connectivity index (χ1) is 10.4. The van der Waals surface area contributed by atoms with Crippen LogP contribution in [0.3, 0.4) is 0 Å². The molecule has 22 heavy (non-hydrogen) atoms. The third kappa shape index (κ3) is 1.66. The van der Waals surface area contributed by atoms with Gasteiger partial charge in [0.2, 0.25) is 5.78 Å². The molecule has 7 heteroatoms. The van der Waals surface area contributed by atoms with Gasteiger partial charge in [0, 0.05) is 18.3 Å². The minimum atomic E-state index is -0.191. The number of nitrogens with zero attached hydrogens (tertiary/aromatic N) is 4. The molecule has 1 atom stereocenters. The molecule has 0 fully saturated rings. The first kappa shape index (κ1) is 13.9. The molecule has 4 heterocycles. The summed E-state index contributed by atoms with van der Waals surface area (Å²) in [7, 11) is 1.76. The molecule has 0 saturated carbocycles. The van der Waals surface area contributed by atoms with Gasteiger partial charge in [-0.2, -0.15) is 0 Å². The molecule has 0 radical (unpaired) electrons. The molecule has 0 N–H and O–H groups in total. The summed E-state index contributed by atoms with van der Waals surface area (Å²) in [6.07, 6.45) is 1.71. The molecule has 0 amide bonds. The van der Waals surface area contributed by atoms with E-state index in [1.54, 1.807) is 23.0 Å². The Morgan fingerprint density at radius 1 is 1.41 bits per heavy atom. The summed E-state index contributed by atoms with van der Waals surface area (Å²) < 4.78 is 9.59. The van der Waals surface area contributed by atoms with Gasteiger partial charge >= 0.3 is 0 Å². The van der Waals surface area contributed by atoms with Crippen LogP contribution in [-0.2, 0) is 24.8 Å². The molecule has 0 aliphatic carbocycles. The summed E-state index contributed by atoms with van der Waals surface area (Å²) in [5.41, 5.74) is 0.961. The van der Waals surface area contributed by atoms with Crippen molar-refractivity contribution in [2.24, 2.45) is 7.05 Å². The average Bonchev–Trinajstić information content (AvgIpc) is 3.05. The quantitative estimate of drug-likeness (QED) is 0.690. The van der Waals surface area contributed by atoms with Crippen LogP contribution >= 0.6 is 11.3 Å². The summed E-state index contributed by atoms with van der Waals surface area (Å²) in [5.74, 6) is 1.39. The van der Waals surface area contributed by atoms with E-state index in [0.29, 0.717) is 12.4 Å². The lowest BCUT2D eigenvalue weighted by Gasteiger charge is -2.32. The fourth-order valence-corrected chi connectivity index (χ4v) is 4.40. The summed E-state index contributed by atoms with van der Waals surface area (Å²) in [4.78, 5) is 14.9. The minimum Gasteiger partial charge on any atom is -0.369 e. The predicted octanol–water partition coefficient (Wildman–Crippen LogP) is 2.19. The van der Waals surface area contributed by atoms with E-state index in [1.165, 1.54) is 0 Å². The minimum absolute atomic E-state index is 0.00718. The Kier molecular flexibility index (Phi) is 2.77. The number of aromatic nitrogens is 4. The van der Waals surface area contributed by atoms with Crippen LogP contribution in [0.15, 0.2) is 4.79 Å². The lowest BCUT2D eigenvalue weighted by atomic mass is 9.90. The van der Waals surface area contributed by atoms with Crippen molar-refractivity contribution in [3.05, 3.63) is 26.6 Å². The summed E-state index contributed by atoms with van der Waals surface area (Å²) in [6, 6.07) is 0. The van der Waals surface area contributed by atoms with Crippen LogP contribution in [0.2, 0.25) is 0 Å². The van der Waals surface area contributed by atoms with E-state index in [4.69, 9.17) is 4.74 Å². The molecule has 116 valence electrons. The van der Waals surface area contributed by atoms with Crippen molar-refractivity contribution in [3.8, 4) is 0 Å². The second-order valence-electron chi connectivity index (χ2n) is 6.20. The number of aryl methyl sites for hydroxylation is 2. The molecular weight excluding hydrogens is 300 g/mol. The Hall–Kier alpha value is -1.73. The molecule has 0 bridgehead atoms. The molecule has 3 aromatic rings. The molecule has 4 rings (SSSR count). The SMILES string of the molecule is CC[C@@]1(C)Cc2c(sc3c2c(=O)n(C)c2nnc(C)n32)CO1. The lowest BCUT2D eigenvalue weighted by molar-refractivity contribution is -0.0543. The second kappa shape index (κ2) is 4.39. The molecule has 0 unspecified atom stereocenters. The molecular formula is C15H18N4O2S. The maximum atomic E-state index is 12.8. The molecule has 1 aliphatic heterocycles. The van der Waals surface area contributed by atoms with Crippen LogP contribution in [0, 0.1) is 6.92 Å². The van der Waals surface area contributed by atoms with Gasteiger partial charge in [0.05, 0.1) is 17.6 Å². The van der Waals surface area contributed by atoms with Gasteiger partial charge in [-0.15, -0.1) is 21.5 Å². The topological polar surface area (TPSA) is 61.4 Å². The van der Waals surface area contributed by atoms with E-state index in [-0.39, 0.29) is 11.2 Å². The van der Waals surface area contributed by atoms with Crippen molar-refractivity contribution in [1.82, 2.24) is 19.2 Å². The zero-order chi connectivity index (χ0) is 15.6. The summed E-state index contributed by atoms with van der Waals surface area (Å²) in [6.45, 7) is 6.73. The van der Waals surface area contributed by atoms with Gasteiger partial charge in [-0.25, -0.2) is 0 Å². The Bertz CT molecular complexity index is 968. The monoisotopic (exact) mass is 318 g/mol.